The van der Waals surface area contributed by atoms with Crippen LogP contribution in [-0.4, -0.2) is 106 Å². The number of rotatable bonds is 48. The highest BCUT2D eigenvalue weighted by Crippen LogP contribution is 2.31. The second kappa shape index (κ2) is 44.2. The van der Waals surface area contributed by atoms with Gasteiger partial charge in [0, 0.05) is 0 Å². The number of aliphatic hydroxyl groups excluding tert-OH is 5. The average molecular weight is 1060 g/mol. The van der Waals surface area contributed by atoms with Crippen molar-refractivity contribution in [2.45, 2.75) is 307 Å². The Hall–Kier alpha value is -1.82. The molecule has 1 aliphatic heterocycles. The molecule has 0 saturated carbocycles. The van der Waals surface area contributed by atoms with Crippen molar-refractivity contribution in [3.8, 4) is 5.75 Å². The minimum atomic E-state index is -4.94. The number of aliphatic hydroxyl groups is 5. The maximum absolute atomic E-state index is 12.9. The van der Waals surface area contributed by atoms with Crippen molar-refractivity contribution in [1.82, 2.24) is 5.32 Å². The largest absolute Gasteiger partial charge is 0.573 e. The second-order valence-electron chi connectivity index (χ2n) is 21.0. The molecule has 2 rings (SSSR count). The second-order valence-corrected chi connectivity index (χ2v) is 21.4. The quantitative estimate of drug-likeness (QED) is 0.0245. The molecule has 1 aromatic rings. The van der Waals surface area contributed by atoms with E-state index >= 15 is 0 Å². The van der Waals surface area contributed by atoms with Crippen molar-refractivity contribution in [2.75, 3.05) is 25.1 Å². The number of nitrogens with one attached hydrogen (secondary N) is 2. The van der Waals surface area contributed by atoms with Crippen LogP contribution in [0.15, 0.2) is 24.3 Å². The summed E-state index contributed by atoms with van der Waals surface area (Å²) in [6.07, 6.45) is 31.5. The van der Waals surface area contributed by atoms with Crippen LogP contribution >= 0.6 is 12.2 Å². The number of unbranched alkanes of at least 4 members (excludes halogenated alkanes) is 34. The lowest BCUT2D eigenvalue weighted by Gasteiger charge is -2.40. The molecule has 1 fully saturated rings. The molecule has 1 aromatic carbocycles. The normalized spacial score (nSPS) is 19.5. The van der Waals surface area contributed by atoms with Crippen LogP contribution in [0.4, 0.5) is 18.9 Å². The first-order valence-electron chi connectivity index (χ1n) is 29.6. The van der Waals surface area contributed by atoms with Gasteiger partial charge in [-0.3, -0.25) is 0 Å². The summed E-state index contributed by atoms with van der Waals surface area (Å²) in [5, 5.41) is 60.5. The van der Waals surface area contributed by atoms with E-state index in [4.69, 9.17) is 26.4 Å². The molecule has 428 valence electrons. The molecule has 0 unspecified atom stereocenters. The van der Waals surface area contributed by atoms with E-state index < -0.39 is 67.7 Å². The van der Waals surface area contributed by atoms with Gasteiger partial charge >= 0.3 is 6.36 Å². The highest BCUT2D eigenvalue weighted by Gasteiger charge is 2.45. The summed E-state index contributed by atoms with van der Waals surface area (Å²) >= 11 is 5.17. The van der Waals surface area contributed by atoms with E-state index in [1.807, 2.05) is 0 Å². The van der Waals surface area contributed by atoms with E-state index in [1.165, 1.54) is 204 Å². The summed E-state index contributed by atoms with van der Waals surface area (Å²) in [6, 6.07) is 4.52. The Morgan fingerprint density at radius 1 is 0.589 bits per heavy atom. The molecule has 0 aliphatic carbocycles. The summed E-state index contributed by atoms with van der Waals surface area (Å²) in [5.41, 5.74) is -0.115. The molecule has 11 nitrogen and oxygen atoms in total. The number of benzene rings is 1. The van der Waals surface area contributed by atoms with Gasteiger partial charge in [-0.1, -0.05) is 251 Å². The number of hydrogen-bond donors (Lipinski definition) is 7. The molecule has 0 amide bonds. The molecule has 1 saturated heterocycles. The topological polar surface area (TPSA) is 162 Å². The molecule has 73 heavy (non-hydrogen) atoms. The zero-order valence-corrected chi connectivity index (χ0v) is 46.4. The molecular weight excluding hydrogens is 958 g/mol. The van der Waals surface area contributed by atoms with Crippen molar-refractivity contribution >= 4 is 23.1 Å². The fraction of sp³-hybridized carbons (Fsp3) is 0.879. The molecule has 15 heteroatoms. The molecule has 0 radical (unpaired) electrons. The van der Waals surface area contributed by atoms with Crippen LogP contribution in [0.5, 0.6) is 5.75 Å². The molecule has 0 spiro atoms. The van der Waals surface area contributed by atoms with Crippen LogP contribution in [0.2, 0.25) is 0 Å². The Bertz CT molecular complexity index is 1440. The molecule has 1 aliphatic rings. The number of ether oxygens (including phenoxy) is 4. The average Bonchev–Trinajstić information content (AvgIpc) is 3.36. The Kier molecular flexibility index (Phi) is 40.7. The first kappa shape index (κ1) is 67.3. The molecular formula is C58H105F3N2O9S. The lowest BCUT2D eigenvalue weighted by molar-refractivity contribution is -0.302. The van der Waals surface area contributed by atoms with Gasteiger partial charge in [0.05, 0.1) is 30.5 Å². The highest BCUT2D eigenvalue weighted by molar-refractivity contribution is 7.80. The Balaban J connectivity index is 1.74. The van der Waals surface area contributed by atoms with Crippen molar-refractivity contribution in [1.29, 1.82) is 0 Å². The van der Waals surface area contributed by atoms with Gasteiger partial charge in [-0.05, 0) is 43.7 Å². The Labute approximate surface area is 446 Å². The number of thiocarbonyl (C=S) groups is 1. The first-order chi connectivity index (χ1) is 35.4. The summed E-state index contributed by atoms with van der Waals surface area (Å²) < 4.78 is 60.1. The van der Waals surface area contributed by atoms with Crippen molar-refractivity contribution in [2.24, 2.45) is 0 Å². The van der Waals surface area contributed by atoms with E-state index in [1.54, 1.807) is 0 Å². The minimum absolute atomic E-state index is 0.115. The fourth-order valence-corrected chi connectivity index (χ4v) is 9.94. The summed E-state index contributed by atoms with van der Waals surface area (Å²) in [4.78, 5) is 0. The van der Waals surface area contributed by atoms with Gasteiger partial charge in [0.15, 0.2) is 12.0 Å². The number of alkyl halides is 3. The van der Waals surface area contributed by atoms with E-state index in [0.29, 0.717) is 13.0 Å². The lowest BCUT2D eigenvalue weighted by Crippen LogP contribution is -2.60. The lowest BCUT2D eigenvalue weighted by atomic mass is 9.98. The van der Waals surface area contributed by atoms with E-state index in [-0.39, 0.29) is 17.5 Å². The minimum Gasteiger partial charge on any atom is -0.468 e. The van der Waals surface area contributed by atoms with Gasteiger partial charge in [0.1, 0.15) is 31.0 Å². The van der Waals surface area contributed by atoms with Crippen LogP contribution in [0, 0.1) is 0 Å². The number of halogens is 3. The summed E-state index contributed by atoms with van der Waals surface area (Å²) in [7, 11) is 0. The first-order valence-corrected chi connectivity index (χ1v) is 30.0. The number of para-hydroxylation sites is 2. The van der Waals surface area contributed by atoms with Gasteiger partial charge < -0.3 is 55.1 Å². The fourth-order valence-electron chi connectivity index (χ4n) is 9.76. The van der Waals surface area contributed by atoms with E-state index in [9.17, 15) is 38.7 Å². The number of anilines is 1. The maximum Gasteiger partial charge on any atom is 0.573 e. The number of hydrogen-bond acceptors (Lipinski definition) is 11. The third-order valence-electron chi connectivity index (χ3n) is 14.4. The van der Waals surface area contributed by atoms with Gasteiger partial charge in [0.25, 0.3) is 5.17 Å². The smallest absolute Gasteiger partial charge is 0.468 e. The molecule has 0 bridgehead atoms. The van der Waals surface area contributed by atoms with Gasteiger partial charge in [0.2, 0.25) is 0 Å². The summed E-state index contributed by atoms with van der Waals surface area (Å²) in [5.74, 6) is -0.535. The monoisotopic (exact) mass is 1060 g/mol. The van der Waals surface area contributed by atoms with Crippen LogP contribution < -0.4 is 15.4 Å². The van der Waals surface area contributed by atoms with Crippen LogP contribution in [0.3, 0.4) is 0 Å². The van der Waals surface area contributed by atoms with E-state index in [0.717, 1.165) is 51.0 Å². The molecule has 7 N–H and O–H groups in total. The highest BCUT2D eigenvalue weighted by atomic mass is 32.1. The molecule has 0 aromatic heterocycles. The maximum atomic E-state index is 12.9. The van der Waals surface area contributed by atoms with Crippen LogP contribution in [0.25, 0.3) is 0 Å². The Morgan fingerprint density at radius 2 is 1.00 bits per heavy atom. The third kappa shape index (κ3) is 34.5. The SMILES string of the molecule is CCCCCCCCCCCCCCCCCCCCCCCCCCN[C@@H](CO[C@@H]1O[C@H](COC(=S)Nc2ccccc2OC(F)(F)F)[C@H](O)[C@H](O)[C@H]1O)[C@H](O)[C@H](O)CCCCCCCCCCCCCC. The zero-order chi connectivity index (χ0) is 53.2. The summed E-state index contributed by atoms with van der Waals surface area (Å²) in [6.45, 7) is 4.44. The Morgan fingerprint density at radius 3 is 1.44 bits per heavy atom. The van der Waals surface area contributed by atoms with Gasteiger partial charge in [-0.15, -0.1) is 13.2 Å². The van der Waals surface area contributed by atoms with Gasteiger partial charge in [-0.2, -0.15) is 0 Å². The standard InChI is InChI=1S/C58H105F3N2O9S/c1-3-5-7-9-11-13-15-17-18-19-20-21-22-23-24-25-26-27-28-30-32-34-36-40-44-62-48(52(65)49(64)42-37-35-33-31-29-16-14-12-10-8-6-4-2)45-69-56-55(68)54(67)53(66)51(71-56)46-70-57(73)63-47-41-38-39-43-50(47)72-58(59,60)61/h38-39,41,43,48-49,51-56,62,64-68H,3-37,40,42,44-46H2,1-2H3,(H,63,73)/t48-,49+,51+,52-,53-,54-,55+,56+/m0/s1. The predicted molar refractivity (Wildman–Crippen MR) is 294 cm³/mol. The van der Waals surface area contributed by atoms with Crippen molar-refractivity contribution in [3.05, 3.63) is 24.3 Å². The van der Waals surface area contributed by atoms with E-state index in [2.05, 4.69) is 29.2 Å². The van der Waals surface area contributed by atoms with Crippen LogP contribution in [0.1, 0.15) is 251 Å². The van der Waals surface area contributed by atoms with Crippen LogP contribution in [-0.2, 0) is 14.2 Å². The molecule has 1 heterocycles. The van der Waals surface area contributed by atoms with Gasteiger partial charge in [-0.25, -0.2) is 0 Å². The van der Waals surface area contributed by atoms with Crippen molar-refractivity contribution < 1.29 is 57.7 Å². The predicted octanol–water partition coefficient (Wildman–Crippen LogP) is 14.3. The molecule has 8 atom stereocenters. The van der Waals surface area contributed by atoms with Crippen molar-refractivity contribution in [3.63, 3.8) is 0 Å². The third-order valence-corrected chi connectivity index (χ3v) is 14.7. The zero-order valence-electron chi connectivity index (χ0n) is 45.6.